The Morgan fingerprint density at radius 3 is 2.60 bits per heavy atom. The van der Waals surface area contributed by atoms with Gasteiger partial charge in [-0.25, -0.2) is 0 Å². The Morgan fingerprint density at radius 2 is 1.87 bits per heavy atom. The summed E-state index contributed by atoms with van der Waals surface area (Å²) in [7, 11) is 0. The first-order chi connectivity index (χ1) is 7.27. The Morgan fingerprint density at radius 1 is 1.13 bits per heavy atom. The zero-order valence-corrected chi connectivity index (χ0v) is 8.69. The molecule has 3 heteroatoms. The number of aliphatic hydroxyl groups excluding tert-OH is 1. The van der Waals surface area contributed by atoms with Crippen LogP contribution in [0, 0.1) is 0 Å². The number of rotatable bonds is 2. The predicted molar refractivity (Wildman–Crippen MR) is 60.0 cm³/mol. The van der Waals surface area contributed by atoms with Crippen molar-refractivity contribution in [1.82, 2.24) is 0 Å². The second-order valence-electron chi connectivity index (χ2n) is 4.12. The van der Waals surface area contributed by atoms with Crippen molar-refractivity contribution in [2.45, 2.75) is 37.8 Å². The Hall–Kier alpha value is -1.22. The van der Waals surface area contributed by atoms with Crippen LogP contribution >= 0.6 is 0 Å². The van der Waals surface area contributed by atoms with Gasteiger partial charge in [-0.05, 0) is 25.0 Å². The highest BCUT2D eigenvalue weighted by atomic mass is 16.3. The Labute approximate surface area is 89.8 Å². The molecule has 0 amide bonds. The molecule has 1 aliphatic rings. The van der Waals surface area contributed by atoms with Crippen LogP contribution in [0.4, 0.5) is 5.69 Å². The van der Waals surface area contributed by atoms with E-state index in [1.54, 1.807) is 12.1 Å². The van der Waals surface area contributed by atoms with Crippen LogP contribution in [0.1, 0.15) is 25.7 Å². The Kier molecular flexibility index (Phi) is 3.11. The number of aromatic hydroxyl groups is 1. The molecule has 3 N–H and O–H groups in total. The number of hydrogen-bond acceptors (Lipinski definition) is 3. The summed E-state index contributed by atoms with van der Waals surface area (Å²) in [6, 6.07) is 7.22. The monoisotopic (exact) mass is 207 g/mol. The second-order valence-corrected chi connectivity index (χ2v) is 4.12. The minimum absolute atomic E-state index is 0.0760. The summed E-state index contributed by atoms with van der Waals surface area (Å²) in [4.78, 5) is 0. The summed E-state index contributed by atoms with van der Waals surface area (Å²) in [5, 5.41) is 22.6. The standard InChI is InChI=1S/C12H17NO2/c14-11-7-3-1-5-9(11)13-10-6-2-4-8-12(10)15/h1,3,5,7,10,12-15H,2,4,6,8H2/t10-,12-/m1/s1. The van der Waals surface area contributed by atoms with Crippen molar-refractivity contribution in [3.05, 3.63) is 24.3 Å². The molecule has 0 bridgehead atoms. The molecule has 2 rings (SSSR count). The smallest absolute Gasteiger partial charge is 0.138 e. The first kappa shape index (κ1) is 10.3. The van der Waals surface area contributed by atoms with Crippen molar-refractivity contribution in [2.24, 2.45) is 0 Å². The van der Waals surface area contributed by atoms with Crippen molar-refractivity contribution >= 4 is 5.69 Å². The molecule has 2 atom stereocenters. The van der Waals surface area contributed by atoms with Crippen LogP contribution in [0.15, 0.2) is 24.3 Å². The summed E-state index contributed by atoms with van der Waals surface area (Å²) < 4.78 is 0. The highest BCUT2D eigenvalue weighted by Crippen LogP contribution is 2.27. The quantitative estimate of drug-likeness (QED) is 0.651. The summed E-state index contributed by atoms with van der Waals surface area (Å²) in [5.74, 6) is 0.246. The maximum atomic E-state index is 9.78. The lowest BCUT2D eigenvalue weighted by Crippen LogP contribution is -2.36. The number of phenolic OH excluding ortho intramolecular Hbond substituents is 1. The molecule has 1 saturated carbocycles. The molecule has 0 spiro atoms. The Bertz CT molecular complexity index is 327. The van der Waals surface area contributed by atoms with Gasteiger partial charge in [0.15, 0.2) is 0 Å². The number of para-hydroxylation sites is 2. The molecular formula is C12H17NO2. The average Bonchev–Trinajstić information content (AvgIpc) is 2.24. The number of aliphatic hydroxyl groups is 1. The van der Waals surface area contributed by atoms with Gasteiger partial charge in [0.25, 0.3) is 0 Å². The van der Waals surface area contributed by atoms with Crippen molar-refractivity contribution in [1.29, 1.82) is 0 Å². The highest BCUT2D eigenvalue weighted by molar-refractivity contribution is 5.55. The molecule has 1 aromatic carbocycles. The molecule has 0 aliphatic heterocycles. The fraction of sp³-hybridized carbons (Fsp3) is 0.500. The van der Waals surface area contributed by atoms with Gasteiger partial charge < -0.3 is 15.5 Å². The van der Waals surface area contributed by atoms with Crippen molar-refractivity contribution in [3.8, 4) is 5.75 Å². The van der Waals surface area contributed by atoms with Gasteiger partial charge in [-0.2, -0.15) is 0 Å². The van der Waals surface area contributed by atoms with Gasteiger partial charge in [-0.1, -0.05) is 25.0 Å². The van der Waals surface area contributed by atoms with E-state index in [0.29, 0.717) is 5.69 Å². The maximum Gasteiger partial charge on any atom is 0.138 e. The van der Waals surface area contributed by atoms with E-state index in [2.05, 4.69) is 5.32 Å². The zero-order valence-electron chi connectivity index (χ0n) is 8.69. The number of nitrogens with one attached hydrogen (secondary N) is 1. The third kappa shape index (κ3) is 2.42. The van der Waals surface area contributed by atoms with Crippen LogP contribution in [0.2, 0.25) is 0 Å². The fourth-order valence-corrected chi connectivity index (χ4v) is 2.08. The van der Waals surface area contributed by atoms with E-state index in [4.69, 9.17) is 0 Å². The van der Waals surface area contributed by atoms with E-state index in [0.717, 1.165) is 25.7 Å². The lowest BCUT2D eigenvalue weighted by molar-refractivity contribution is 0.116. The first-order valence-corrected chi connectivity index (χ1v) is 5.50. The van der Waals surface area contributed by atoms with E-state index in [1.165, 1.54) is 0 Å². The van der Waals surface area contributed by atoms with Gasteiger partial charge in [0.05, 0.1) is 17.8 Å². The third-order valence-electron chi connectivity index (χ3n) is 2.97. The molecule has 3 nitrogen and oxygen atoms in total. The van der Waals surface area contributed by atoms with Crippen molar-refractivity contribution in [2.75, 3.05) is 5.32 Å². The number of phenols is 1. The van der Waals surface area contributed by atoms with E-state index >= 15 is 0 Å². The molecule has 15 heavy (non-hydrogen) atoms. The lowest BCUT2D eigenvalue weighted by atomic mass is 9.92. The van der Waals surface area contributed by atoms with Gasteiger partial charge in [0.1, 0.15) is 5.75 Å². The molecule has 0 radical (unpaired) electrons. The SMILES string of the molecule is Oc1ccccc1N[C@@H]1CCCC[C@H]1O. The molecule has 0 unspecified atom stereocenters. The first-order valence-electron chi connectivity index (χ1n) is 5.50. The molecule has 0 aromatic heterocycles. The molecule has 0 saturated heterocycles. The molecule has 1 fully saturated rings. The van der Waals surface area contributed by atoms with Crippen LogP contribution in [-0.2, 0) is 0 Å². The van der Waals surface area contributed by atoms with Crippen LogP contribution < -0.4 is 5.32 Å². The summed E-state index contributed by atoms with van der Waals surface area (Å²) in [6.07, 6.45) is 3.77. The summed E-state index contributed by atoms with van der Waals surface area (Å²) in [6.45, 7) is 0. The van der Waals surface area contributed by atoms with E-state index in [9.17, 15) is 10.2 Å². The molecular weight excluding hydrogens is 190 g/mol. The zero-order chi connectivity index (χ0) is 10.7. The predicted octanol–water partition coefficient (Wildman–Crippen LogP) is 2.11. The van der Waals surface area contributed by atoms with E-state index in [1.807, 2.05) is 12.1 Å². The van der Waals surface area contributed by atoms with Gasteiger partial charge >= 0.3 is 0 Å². The lowest BCUT2D eigenvalue weighted by Gasteiger charge is -2.29. The van der Waals surface area contributed by atoms with Crippen LogP contribution in [-0.4, -0.2) is 22.4 Å². The van der Waals surface area contributed by atoms with Gasteiger partial charge in [0, 0.05) is 0 Å². The Balaban J connectivity index is 2.04. The minimum atomic E-state index is -0.293. The number of hydrogen-bond donors (Lipinski definition) is 3. The fourth-order valence-electron chi connectivity index (χ4n) is 2.08. The van der Waals surface area contributed by atoms with Crippen LogP contribution in [0.5, 0.6) is 5.75 Å². The molecule has 82 valence electrons. The third-order valence-corrected chi connectivity index (χ3v) is 2.97. The van der Waals surface area contributed by atoms with E-state index < -0.39 is 0 Å². The largest absolute Gasteiger partial charge is 0.506 e. The number of benzene rings is 1. The molecule has 1 aromatic rings. The summed E-state index contributed by atoms with van der Waals surface area (Å²) >= 11 is 0. The number of anilines is 1. The minimum Gasteiger partial charge on any atom is -0.506 e. The van der Waals surface area contributed by atoms with Gasteiger partial charge in [0.2, 0.25) is 0 Å². The highest BCUT2D eigenvalue weighted by Gasteiger charge is 2.23. The van der Waals surface area contributed by atoms with Crippen LogP contribution in [0.25, 0.3) is 0 Å². The van der Waals surface area contributed by atoms with Crippen LogP contribution in [0.3, 0.4) is 0 Å². The van der Waals surface area contributed by atoms with Crippen molar-refractivity contribution in [3.63, 3.8) is 0 Å². The van der Waals surface area contributed by atoms with Crippen molar-refractivity contribution < 1.29 is 10.2 Å². The average molecular weight is 207 g/mol. The van der Waals surface area contributed by atoms with E-state index in [-0.39, 0.29) is 17.9 Å². The molecule has 1 aliphatic carbocycles. The maximum absolute atomic E-state index is 9.78. The van der Waals surface area contributed by atoms with Gasteiger partial charge in [-0.15, -0.1) is 0 Å². The summed E-state index contributed by atoms with van der Waals surface area (Å²) in [5.41, 5.74) is 0.712. The second kappa shape index (κ2) is 4.53. The van der Waals surface area contributed by atoms with Gasteiger partial charge in [-0.3, -0.25) is 0 Å². The normalized spacial score (nSPS) is 26.2. The topological polar surface area (TPSA) is 52.5 Å². The molecule has 0 heterocycles.